The van der Waals surface area contributed by atoms with Gasteiger partial charge in [-0.2, -0.15) is 0 Å². The normalized spacial score (nSPS) is 17.2. The van der Waals surface area contributed by atoms with Gasteiger partial charge in [-0.3, -0.25) is 4.79 Å². The molecule has 0 bridgehead atoms. The van der Waals surface area contributed by atoms with E-state index in [1.165, 1.54) is 11.0 Å². The van der Waals surface area contributed by atoms with Crippen molar-refractivity contribution in [3.8, 4) is 0 Å². The van der Waals surface area contributed by atoms with Crippen molar-refractivity contribution in [2.75, 3.05) is 42.6 Å². The number of hydrogen-bond donors (Lipinski definition) is 0. The van der Waals surface area contributed by atoms with E-state index < -0.39 is 11.6 Å². The summed E-state index contributed by atoms with van der Waals surface area (Å²) in [5.74, 6) is -1.55. The van der Waals surface area contributed by atoms with Gasteiger partial charge in [-0.25, -0.2) is 8.78 Å². The molecule has 26 heavy (non-hydrogen) atoms. The molecule has 0 aromatic heterocycles. The molecule has 2 heterocycles. The predicted octanol–water partition coefficient (Wildman–Crippen LogP) is 3.39. The monoisotopic (exact) mass is 358 g/mol. The lowest BCUT2D eigenvalue weighted by molar-refractivity contribution is 0.0984. The summed E-state index contributed by atoms with van der Waals surface area (Å²) >= 11 is 0. The summed E-state index contributed by atoms with van der Waals surface area (Å²) < 4.78 is 33.1. The van der Waals surface area contributed by atoms with Gasteiger partial charge < -0.3 is 14.5 Å². The maximum Gasteiger partial charge on any atom is 0.258 e. The average Bonchev–Trinajstić information content (AvgIpc) is 2.67. The number of ether oxygens (including phenoxy) is 1. The molecular formula is C20H20F2N2O2. The van der Waals surface area contributed by atoms with Gasteiger partial charge in [-0.1, -0.05) is 0 Å². The highest BCUT2D eigenvalue weighted by Crippen LogP contribution is 2.32. The van der Waals surface area contributed by atoms with Gasteiger partial charge in [0.1, 0.15) is 11.6 Å². The Balaban J connectivity index is 1.59. The molecule has 1 saturated heterocycles. The molecule has 0 aliphatic carbocycles. The molecule has 1 amide bonds. The lowest BCUT2D eigenvalue weighted by Gasteiger charge is -2.31. The molecule has 2 aliphatic heterocycles. The SMILES string of the molecule is O=C(c1ccc(N2CCOCC2)cc1)N1CCCc2cc(F)cc(F)c21. The van der Waals surface area contributed by atoms with E-state index in [9.17, 15) is 13.6 Å². The third-order valence-corrected chi connectivity index (χ3v) is 4.94. The molecule has 2 aliphatic rings. The first-order valence-corrected chi connectivity index (χ1v) is 8.86. The van der Waals surface area contributed by atoms with Crippen LogP contribution in [-0.2, 0) is 11.2 Å². The van der Waals surface area contributed by atoms with Crippen molar-refractivity contribution in [1.82, 2.24) is 0 Å². The van der Waals surface area contributed by atoms with Crippen LogP contribution in [0.3, 0.4) is 0 Å². The smallest absolute Gasteiger partial charge is 0.258 e. The summed E-state index contributed by atoms with van der Waals surface area (Å²) in [5, 5.41) is 0. The highest BCUT2D eigenvalue weighted by Gasteiger charge is 2.27. The average molecular weight is 358 g/mol. The zero-order valence-corrected chi connectivity index (χ0v) is 14.4. The molecule has 136 valence electrons. The Morgan fingerprint density at radius 3 is 2.46 bits per heavy atom. The number of hydrogen-bond acceptors (Lipinski definition) is 3. The first-order valence-electron chi connectivity index (χ1n) is 8.86. The highest BCUT2D eigenvalue weighted by molar-refractivity contribution is 6.07. The Hall–Kier alpha value is -2.47. The highest BCUT2D eigenvalue weighted by atomic mass is 19.1. The summed E-state index contributed by atoms with van der Waals surface area (Å²) in [6, 6.07) is 9.51. The number of anilines is 2. The van der Waals surface area contributed by atoms with Crippen LogP contribution < -0.4 is 9.80 Å². The molecule has 0 N–H and O–H groups in total. The lowest BCUT2D eigenvalue weighted by Crippen LogP contribution is -2.37. The van der Waals surface area contributed by atoms with E-state index in [0.29, 0.717) is 43.7 Å². The minimum atomic E-state index is -0.682. The van der Waals surface area contributed by atoms with Crippen LogP contribution in [-0.4, -0.2) is 38.8 Å². The van der Waals surface area contributed by atoms with E-state index in [4.69, 9.17) is 4.74 Å². The van der Waals surface area contributed by atoms with Gasteiger partial charge in [0.15, 0.2) is 0 Å². The van der Waals surface area contributed by atoms with Crippen LogP contribution in [0.1, 0.15) is 22.3 Å². The van der Waals surface area contributed by atoms with Crippen LogP contribution in [0.4, 0.5) is 20.2 Å². The fourth-order valence-corrected chi connectivity index (χ4v) is 3.65. The number of carbonyl (C=O) groups excluding carboxylic acids is 1. The molecular weight excluding hydrogens is 338 g/mol. The maximum absolute atomic E-state index is 14.3. The molecule has 6 heteroatoms. The van der Waals surface area contributed by atoms with Gasteiger partial charge in [0.2, 0.25) is 0 Å². The Kier molecular flexibility index (Phi) is 4.59. The molecule has 0 saturated carbocycles. The fraction of sp³-hybridized carbons (Fsp3) is 0.350. The van der Waals surface area contributed by atoms with E-state index in [0.717, 1.165) is 24.8 Å². The van der Waals surface area contributed by atoms with E-state index >= 15 is 0 Å². The Labute approximate surface area is 151 Å². The van der Waals surface area contributed by atoms with Crippen LogP contribution in [0.5, 0.6) is 0 Å². The Morgan fingerprint density at radius 1 is 1.00 bits per heavy atom. The zero-order valence-electron chi connectivity index (χ0n) is 14.4. The quantitative estimate of drug-likeness (QED) is 0.825. The summed E-state index contributed by atoms with van der Waals surface area (Å²) in [7, 11) is 0. The molecule has 0 unspecified atom stereocenters. The van der Waals surface area contributed by atoms with Gasteiger partial charge in [-0.05, 0) is 48.7 Å². The molecule has 1 fully saturated rings. The second-order valence-corrected chi connectivity index (χ2v) is 6.60. The number of aryl methyl sites for hydroxylation is 1. The number of nitrogens with zero attached hydrogens (tertiary/aromatic N) is 2. The topological polar surface area (TPSA) is 32.8 Å². The van der Waals surface area contributed by atoms with Crippen molar-refractivity contribution in [2.45, 2.75) is 12.8 Å². The summed E-state index contributed by atoms with van der Waals surface area (Å²) in [6.07, 6.45) is 1.26. The van der Waals surface area contributed by atoms with Crippen molar-refractivity contribution >= 4 is 17.3 Å². The molecule has 2 aromatic carbocycles. The van der Waals surface area contributed by atoms with Crippen molar-refractivity contribution in [2.24, 2.45) is 0 Å². The first kappa shape index (κ1) is 17.0. The van der Waals surface area contributed by atoms with Gasteiger partial charge in [-0.15, -0.1) is 0 Å². The second kappa shape index (κ2) is 7.03. The van der Waals surface area contributed by atoms with Crippen molar-refractivity contribution in [1.29, 1.82) is 0 Å². The molecule has 0 radical (unpaired) electrons. The summed E-state index contributed by atoms with van der Waals surface area (Å²) in [5.41, 5.74) is 2.29. The van der Waals surface area contributed by atoms with Crippen LogP contribution in [0.25, 0.3) is 0 Å². The lowest BCUT2D eigenvalue weighted by atomic mass is 10.00. The molecule has 0 atom stereocenters. The van der Waals surface area contributed by atoms with Crippen LogP contribution in [0.2, 0.25) is 0 Å². The van der Waals surface area contributed by atoms with Gasteiger partial charge in [0.25, 0.3) is 5.91 Å². The zero-order chi connectivity index (χ0) is 18.1. The minimum absolute atomic E-state index is 0.208. The number of carbonyl (C=O) groups is 1. The number of rotatable bonds is 2. The van der Waals surface area contributed by atoms with E-state index in [1.54, 1.807) is 12.1 Å². The van der Waals surface area contributed by atoms with Gasteiger partial charge >= 0.3 is 0 Å². The minimum Gasteiger partial charge on any atom is -0.378 e. The van der Waals surface area contributed by atoms with Crippen LogP contribution in [0.15, 0.2) is 36.4 Å². The first-order chi connectivity index (χ1) is 12.6. The van der Waals surface area contributed by atoms with E-state index in [-0.39, 0.29) is 11.6 Å². The second-order valence-electron chi connectivity index (χ2n) is 6.60. The molecule has 4 nitrogen and oxygen atoms in total. The largest absolute Gasteiger partial charge is 0.378 e. The predicted molar refractivity (Wildman–Crippen MR) is 95.8 cm³/mol. The molecule has 0 spiro atoms. The number of halogens is 2. The summed E-state index contributed by atoms with van der Waals surface area (Å²) in [4.78, 5) is 16.6. The number of amides is 1. The molecule has 4 rings (SSSR count). The van der Waals surface area contributed by atoms with Crippen molar-refractivity contribution in [3.63, 3.8) is 0 Å². The maximum atomic E-state index is 14.3. The fourth-order valence-electron chi connectivity index (χ4n) is 3.65. The van der Waals surface area contributed by atoms with Crippen LogP contribution in [0, 0.1) is 11.6 Å². The van der Waals surface area contributed by atoms with Crippen LogP contribution >= 0.6 is 0 Å². The Morgan fingerprint density at radius 2 is 1.73 bits per heavy atom. The Bertz CT molecular complexity index is 817. The standard InChI is InChI=1S/C20H20F2N2O2/c21-16-12-15-2-1-7-24(19(15)18(22)13-16)20(25)14-3-5-17(6-4-14)23-8-10-26-11-9-23/h3-6,12-13H,1-2,7-11H2. The van der Waals surface area contributed by atoms with Crippen molar-refractivity contribution in [3.05, 3.63) is 59.2 Å². The number of fused-ring (bicyclic) bond motifs is 1. The van der Waals surface area contributed by atoms with Crippen molar-refractivity contribution < 1.29 is 18.3 Å². The van der Waals surface area contributed by atoms with E-state index in [2.05, 4.69) is 4.90 Å². The number of benzene rings is 2. The number of morpholine rings is 1. The third-order valence-electron chi connectivity index (χ3n) is 4.94. The summed E-state index contributed by atoms with van der Waals surface area (Å²) in [6.45, 7) is 3.47. The van der Waals surface area contributed by atoms with Gasteiger partial charge in [0.05, 0.1) is 18.9 Å². The van der Waals surface area contributed by atoms with Gasteiger partial charge in [0, 0.05) is 37.0 Å². The third kappa shape index (κ3) is 3.17. The molecule has 2 aromatic rings. The van der Waals surface area contributed by atoms with E-state index in [1.807, 2.05) is 12.1 Å².